The van der Waals surface area contributed by atoms with Crippen molar-refractivity contribution >= 4 is 27.3 Å². The van der Waals surface area contributed by atoms with Crippen molar-refractivity contribution in [1.29, 1.82) is 0 Å². The smallest absolute Gasteiger partial charge is 0.250 e. The second-order valence-corrected chi connectivity index (χ2v) is 8.95. The molecule has 21 heavy (non-hydrogen) atoms. The molecule has 1 aliphatic heterocycles. The van der Waals surface area contributed by atoms with Crippen LogP contribution in [0.4, 0.5) is 0 Å². The summed E-state index contributed by atoms with van der Waals surface area (Å²) in [6.45, 7) is 2.01. The quantitative estimate of drug-likeness (QED) is 0.885. The Morgan fingerprint density at radius 3 is 2.76 bits per heavy atom. The summed E-state index contributed by atoms with van der Waals surface area (Å²) in [5.41, 5.74) is -0.354. The number of piperidine rings is 1. The third-order valence-electron chi connectivity index (χ3n) is 4.51. The topological polar surface area (TPSA) is 75.3 Å². The van der Waals surface area contributed by atoms with Crippen LogP contribution < -0.4 is 10.0 Å². The molecular weight excluding hydrogens is 308 g/mol. The van der Waals surface area contributed by atoms with Crippen LogP contribution in [0, 0.1) is 0 Å². The van der Waals surface area contributed by atoms with Crippen LogP contribution in [-0.2, 0) is 21.2 Å². The molecular formula is C14H20N2O3S2. The van der Waals surface area contributed by atoms with Crippen molar-refractivity contribution in [2.24, 2.45) is 0 Å². The summed E-state index contributed by atoms with van der Waals surface area (Å²) < 4.78 is 28.2. The molecule has 2 heterocycles. The Morgan fingerprint density at radius 1 is 1.43 bits per heavy atom. The number of thiophene rings is 1. The van der Waals surface area contributed by atoms with Gasteiger partial charge in [-0.25, -0.2) is 13.1 Å². The fraction of sp³-hybridized carbons (Fsp3) is 0.643. The zero-order chi connectivity index (χ0) is 15.1. The fourth-order valence-electron chi connectivity index (χ4n) is 3.12. The average molecular weight is 328 g/mol. The van der Waals surface area contributed by atoms with E-state index >= 15 is 0 Å². The number of amides is 1. The number of nitrogens with one attached hydrogen (secondary N) is 2. The minimum Gasteiger partial charge on any atom is -0.349 e. The SMILES string of the molecule is CCc1ccc(S(=O)(=O)NC2CCC(=O)NC23CCC3)s1. The maximum Gasteiger partial charge on any atom is 0.250 e. The highest BCUT2D eigenvalue weighted by molar-refractivity contribution is 7.91. The lowest BCUT2D eigenvalue weighted by Gasteiger charge is -2.50. The zero-order valence-electron chi connectivity index (χ0n) is 12.0. The van der Waals surface area contributed by atoms with Crippen LogP contribution in [0.2, 0.25) is 0 Å². The van der Waals surface area contributed by atoms with Gasteiger partial charge in [-0.05, 0) is 44.2 Å². The van der Waals surface area contributed by atoms with Gasteiger partial charge in [-0.15, -0.1) is 11.3 Å². The summed E-state index contributed by atoms with van der Waals surface area (Å²) in [6, 6.07) is 3.34. The van der Waals surface area contributed by atoms with Gasteiger partial charge >= 0.3 is 0 Å². The van der Waals surface area contributed by atoms with Crippen molar-refractivity contribution in [2.45, 2.75) is 61.2 Å². The van der Waals surface area contributed by atoms with Crippen molar-refractivity contribution in [3.63, 3.8) is 0 Å². The molecule has 2 aliphatic rings. The van der Waals surface area contributed by atoms with Crippen LogP contribution in [0.3, 0.4) is 0 Å². The van der Waals surface area contributed by atoms with Gasteiger partial charge in [0.15, 0.2) is 0 Å². The molecule has 1 atom stereocenters. The van der Waals surface area contributed by atoms with E-state index in [1.807, 2.05) is 13.0 Å². The standard InChI is InChI=1S/C14H20N2O3S2/c1-2-10-4-7-13(20-10)21(18,19)16-11-5-6-12(17)15-14(11)8-3-9-14/h4,7,11,16H,2-3,5-6,8-9H2,1H3,(H,15,17). The van der Waals surface area contributed by atoms with Gasteiger partial charge in [0.2, 0.25) is 15.9 Å². The molecule has 1 spiro atoms. The number of sulfonamides is 1. The van der Waals surface area contributed by atoms with E-state index in [-0.39, 0.29) is 17.5 Å². The second kappa shape index (κ2) is 5.37. The molecule has 7 heteroatoms. The molecule has 2 fully saturated rings. The summed E-state index contributed by atoms with van der Waals surface area (Å²) in [5, 5.41) is 3.01. The Morgan fingerprint density at radius 2 is 2.19 bits per heavy atom. The minimum absolute atomic E-state index is 0.0366. The lowest BCUT2D eigenvalue weighted by atomic mass is 9.68. The maximum absolute atomic E-state index is 12.5. The molecule has 1 saturated carbocycles. The molecule has 1 amide bonds. The summed E-state index contributed by atoms with van der Waals surface area (Å²) in [4.78, 5) is 12.7. The summed E-state index contributed by atoms with van der Waals surface area (Å²) in [7, 11) is -3.50. The Hall–Kier alpha value is -0.920. The first-order valence-electron chi connectivity index (χ1n) is 7.37. The fourth-order valence-corrected chi connectivity index (χ4v) is 5.78. The number of aryl methyl sites for hydroxylation is 1. The van der Waals surface area contributed by atoms with Gasteiger partial charge in [0, 0.05) is 17.3 Å². The highest BCUT2D eigenvalue weighted by Gasteiger charge is 2.49. The summed E-state index contributed by atoms with van der Waals surface area (Å²) in [6.07, 6.45) is 4.56. The lowest BCUT2D eigenvalue weighted by molar-refractivity contribution is -0.127. The van der Waals surface area contributed by atoms with Crippen LogP contribution in [0.5, 0.6) is 0 Å². The molecule has 0 radical (unpaired) electrons. The van der Waals surface area contributed by atoms with Gasteiger partial charge in [-0.1, -0.05) is 6.92 Å². The Balaban J connectivity index is 1.79. The van der Waals surface area contributed by atoms with E-state index < -0.39 is 10.0 Å². The van der Waals surface area contributed by atoms with Crippen molar-refractivity contribution in [3.05, 3.63) is 17.0 Å². The van der Waals surface area contributed by atoms with E-state index in [0.29, 0.717) is 17.1 Å². The first kappa shape index (κ1) is 15.0. The predicted molar refractivity (Wildman–Crippen MR) is 81.8 cm³/mol. The zero-order valence-corrected chi connectivity index (χ0v) is 13.6. The Kier molecular flexibility index (Phi) is 3.83. The number of carbonyl (C=O) groups excluding carboxylic acids is 1. The maximum atomic E-state index is 12.5. The number of hydrogen-bond donors (Lipinski definition) is 2. The van der Waals surface area contributed by atoms with E-state index in [9.17, 15) is 13.2 Å². The molecule has 1 aromatic rings. The van der Waals surface area contributed by atoms with Gasteiger partial charge in [0.25, 0.3) is 0 Å². The Labute approximate surface area is 129 Å². The second-order valence-electron chi connectivity index (χ2n) is 5.84. The van der Waals surface area contributed by atoms with Crippen molar-refractivity contribution in [3.8, 4) is 0 Å². The average Bonchev–Trinajstić information content (AvgIpc) is 2.88. The monoisotopic (exact) mass is 328 g/mol. The van der Waals surface area contributed by atoms with E-state index in [0.717, 1.165) is 30.6 Å². The van der Waals surface area contributed by atoms with Crippen LogP contribution in [0.15, 0.2) is 16.3 Å². The van der Waals surface area contributed by atoms with Gasteiger partial charge in [-0.2, -0.15) is 0 Å². The molecule has 1 aliphatic carbocycles. The third kappa shape index (κ3) is 2.74. The van der Waals surface area contributed by atoms with E-state index in [4.69, 9.17) is 0 Å². The summed E-state index contributed by atoms with van der Waals surface area (Å²) >= 11 is 1.32. The summed E-state index contributed by atoms with van der Waals surface area (Å²) in [5.74, 6) is 0.0366. The van der Waals surface area contributed by atoms with Crippen LogP contribution >= 0.6 is 11.3 Å². The van der Waals surface area contributed by atoms with Gasteiger partial charge in [0.1, 0.15) is 4.21 Å². The molecule has 3 rings (SSSR count). The van der Waals surface area contributed by atoms with E-state index in [1.54, 1.807) is 6.07 Å². The van der Waals surface area contributed by atoms with Crippen molar-refractivity contribution in [2.75, 3.05) is 0 Å². The molecule has 1 saturated heterocycles. The predicted octanol–water partition coefficient (Wildman–Crippen LogP) is 1.79. The molecule has 0 bridgehead atoms. The van der Waals surface area contributed by atoms with Gasteiger partial charge in [0.05, 0.1) is 5.54 Å². The first-order chi connectivity index (χ1) is 9.95. The van der Waals surface area contributed by atoms with Crippen molar-refractivity contribution in [1.82, 2.24) is 10.0 Å². The van der Waals surface area contributed by atoms with Gasteiger partial charge in [-0.3, -0.25) is 4.79 Å². The van der Waals surface area contributed by atoms with E-state index in [1.165, 1.54) is 11.3 Å². The lowest BCUT2D eigenvalue weighted by Crippen LogP contribution is -2.68. The molecule has 1 unspecified atom stereocenters. The minimum atomic E-state index is -3.50. The van der Waals surface area contributed by atoms with Gasteiger partial charge < -0.3 is 5.32 Å². The van der Waals surface area contributed by atoms with E-state index in [2.05, 4.69) is 10.0 Å². The molecule has 2 N–H and O–H groups in total. The largest absolute Gasteiger partial charge is 0.349 e. The normalized spacial score (nSPS) is 24.6. The molecule has 1 aromatic heterocycles. The van der Waals surface area contributed by atoms with Crippen molar-refractivity contribution < 1.29 is 13.2 Å². The molecule has 116 valence electrons. The highest BCUT2D eigenvalue weighted by atomic mass is 32.2. The van der Waals surface area contributed by atoms with Crippen LogP contribution in [0.1, 0.15) is 43.9 Å². The molecule has 5 nitrogen and oxygen atoms in total. The van der Waals surface area contributed by atoms with Crippen LogP contribution in [-0.4, -0.2) is 25.9 Å². The number of hydrogen-bond acceptors (Lipinski definition) is 4. The van der Waals surface area contributed by atoms with Crippen LogP contribution in [0.25, 0.3) is 0 Å². The number of carbonyl (C=O) groups is 1. The first-order valence-corrected chi connectivity index (χ1v) is 9.67. The highest BCUT2D eigenvalue weighted by Crippen LogP contribution is 2.39. The Bertz CT molecular complexity index is 647. The third-order valence-corrected chi connectivity index (χ3v) is 7.70. The number of rotatable bonds is 4. The molecule has 0 aromatic carbocycles.